The van der Waals surface area contributed by atoms with Crippen molar-refractivity contribution in [3.8, 4) is 0 Å². The van der Waals surface area contributed by atoms with Gasteiger partial charge in [0.15, 0.2) is 0 Å². The zero-order chi connectivity index (χ0) is 19.8. The quantitative estimate of drug-likeness (QED) is 0.556. The van der Waals surface area contributed by atoms with Gasteiger partial charge in [0.05, 0.1) is 0 Å². The molecule has 0 saturated carbocycles. The van der Waals surface area contributed by atoms with Gasteiger partial charge in [-0.1, -0.05) is 57.2 Å². The first-order valence-electron chi connectivity index (χ1n) is 10.1. The predicted octanol–water partition coefficient (Wildman–Crippen LogP) is 3.97. The monoisotopic (exact) mass is 366 g/mol. The minimum absolute atomic E-state index is 0.133. The molecule has 0 saturated heterocycles. The summed E-state index contributed by atoms with van der Waals surface area (Å²) >= 11 is 0. The predicted molar refractivity (Wildman–Crippen MR) is 124 cm³/mol. The van der Waals surface area contributed by atoms with Gasteiger partial charge in [0.2, 0.25) is 0 Å². The second-order valence-corrected chi connectivity index (χ2v) is 9.30. The molecule has 0 spiro atoms. The van der Waals surface area contributed by atoms with Gasteiger partial charge in [0, 0.05) is 36.8 Å². The molecule has 28 heavy (non-hydrogen) atoms. The maximum Gasteiger partial charge on any atom is 0.252 e. The Bertz CT molecular complexity index is 1110. The Balaban J connectivity index is 1.87. The summed E-state index contributed by atoms with van der Waals surface area (Å²) in [7, 11) is 4.41. The summed E-state index contributed by atoms with van der Waals surface area (Å²) in [6.45, 7) is 9.41. The van der Waals surface area contributed by atoms with Crippen LogP contribution in [0.2, 0.25) is 0 Å². The highest BCUT2D eigenvalue weighted by molar-refractivity contribution is 7.00. The molecule has 2 nitrogen and oxygen atoms in total. The number of nitrogens with zero attached hydrogens (tertiary/aromatic N) is 2. The lowest BCUT2D eigenvalue weighted by atomic mass is 9.33. The molecule has 0 amide bonds. The molecule has 140 valence electrons. The van der Waals surface area contributed by atoms with E-state index in [0.717, 1.165) is 0 Å². The van der Waals surface area contributed by atoms with Gasteiger partial charge in [-0.15, -0.1) is 0 Å². The maximum atomic E-state index is 2.45. The van der Waals surface area contributed by atoms with Crippen molar-refractivity contribution < 1.29 is 0 Å². The molecule has 2 heterocycles. The molecule has 0 N–H and O–H groups in total. The molecule has 0 unspecified atom stereocenters. The van der Waals surface area contributed by atoms with E-state index < -0.39 is 0 Å². The first-order chi connectivity index (χ1) is 13.3. The van der Waals surface area contributed by atoms with E-state index in [2.05, 4.69) is 106 Å². The Morgan fingerprint density at radius 2 is 1.43 bits per heavy atom. The number of hydrogen-bond donors (Lipinski definition) is 0. The number of para-hydroxylation sites is 1. The van der Waals surface area contributed by atoms with Crippen LogP contribution in [0.15, 0.2) is 54.6 Å². The molecule has 0 fully saturated rings. The number of aryl methyl sites for hydroxylation is 1. The summed E-state index contributed by atoms with van der Waals surface area (Å²) in [5.74, 6) is 0. The lowest BCUT2D eigenvalue weighted by Crippen LogP contribution is -2.61. The Kier molecular flexibility index (Phi) is 3.53. The summed E-state index contributed by atoms with van der Waals surface area (Å²) < 4.78 is 0. The standard InChI is InChI=1S/C25H27BN2/c1-16-9-7-10-18-24(16)28(6)22-12-8-11-21-23(22)26(18)19-15-17(25(2,3)4)13-14-20(19)27(21)5/h7-15H,1-6H3. The maximum absolute atomic E-state index is 2.45. The largest absolute Gasteiger partial charge is 0.345 e. The highest BCUT2D eigenvalue weighted by Crippen LogP contribution is 2.37. The van der Waals surface area contributed by atoms with Gasteiger partial charge in [-0.2, -0.15) is 0 Å². The summed E-state index contributed by atoms with van der Waals surface area (Å²) in [6, 6.07) is 20.6. The Labute approximate surface area is 168 Å². The van der Waals surface area contributed by atoms with Crippen molar-refractivity contribution in [3.05, 3.63) is 65.7 Å². The van der Waals surface area contributed by atoms with Crippen molar-refractivity contribution in [2.45, 2.75) is 33.1 Å². The molecule has 0 aliphatic carbocycles. The van der Waals surface area contributed by atoms with Crippen LogP contribution in [0.3, 0.4) is 0 Å². The molecule has 0 atom stereocenters. The zero-order valence-corrected chi connectivity index (χ0v) is 17.7. The fourth-order valence-corrected chi connectivity index (χ4v) is 5.08. The summed E-state index contributed by atoms with van der Waals surface area (Å²) in [6.07, 6.45) is 0. The van der Waals surface area contributed by atoms with Gasteiger partial charge >= 0.3 is 0 Å². The topological polar surface area (TPSA) is 6.48 Å². The molecule has 5 rings (SSSR count). The van der Waals surface area contributed by atoms with E-state index in [0.29, 0.717) is 0 Å². The second-order valence-electron chi connectivity index (χ2n) is 9.30. The fraction of sp³-hybridized carbons (Fsp3) is 0.280. The number of fused-ring (bicyclic) bond motifs is 4. The van der Waals surface area contributed by atoms with Crippen molar-refractivity contribution in [2.24, 2.45) is 0 Å². The van der Waals surface area contributed by atoms with E-state index in [1.165, 1.54) is 50.3 Å². The van der Waals surface area contributed by atoms with Gasteiger partial charge in [-0.05, 0) is 58.1 Å². The van der Waals surface area contributed by atoms with E-state index in [1.54, 1.807) is 0 Å². The summed E-state index contributed by atoms with van der Waals surface area (Å²) in [5.41, 5.74) is 12.5. The normalized spacial score (nSPS) is 14.6. The molecule has 3 aromatic carbocycles. The SMILES string of the molecule is Cc1cccc2c1N(C)c1cccc3c1B2c1cc(C(C)(C)C)ccc1N3C. The van der Waals surface area contributed by atoms with E-state index >= 15 is 0 Å². The van der Waals surface area contributed by atoms with E-state index in [9.17, 15) is 0 Å². The second kappa shape index (κ2) is 5.67. The molecule has 2 aliphatic heterocycles. The van der Waals surface area contributed by atoms with Crippen molar-refractivity contribution in [3.63, 3.8) is 0 Å². The average Bonchev–Trinajstić information content (AvgIpc) is 2.66. The molecule has 3 aromatic rings. The number of anilines is 4. The zero-order valence-electron chi connectivity index (χ0n) is 17.7. The highest BCUT2D eigenvalue weighted by atomic mass is 15.1. The Morgan fingerprint density at radius 3 is 2.14 bits per heavy atom. The molecule has 2 aliphatic rings. The van der Waals surface area contributed by atoms with E-state index in [4.69, 9.17) is 0 Å². The van der Waals surface area contributed by atoms with Crippen LogP contribution in [0.5, 0.6) is 0 Å². The molecular weight excluding hydrogens is 339 g/mol. The molecule has 3 heteroatoms. The van der Waals surface area contributed by atoms with Crippen LogP contribution in [0, 0.1) is 6.92 Å². The van der Waals surface area contributed by atoms with Crippen LogP contribution in [0.25, 0.3) is 0 Å². The Hall–Kier alpha value is -2.68. The van der Waals surface area contributed by atoms with Crippen molar-refractivity contribution in [1.82, 2.24) is 0 Å². The minimum Gasteiger partial charge on any atom is -0.345 e. The van der Waals surface area contributed by atoms with Crippen molar-refractivity contribution in [2.75, 3.05) is 23.9 Å². The third-order valence-electron chi connectivity index (χ3n) is 6.55. The fourth-order valence-electron chi connectivity index (χ4n) is 5.08. The number of hydrogen-bond acceptors (Lipinski definition) is 2. The summed E-state index contributed by atoms with van der Waals surface area (Å²) in [5, 5.41) is 0. The molecule has 0 bridgehead atoms. The lowest BCUT2D eigenvalue weighted by molar-refractivity contribution is 0.591. The van der Waals surface area contributed by atoms with Crippen LogP contribution >= 0.6 is 0 Å². The summed E-state index contributed by atoms with van der Waals surface area (Å²) in [4.78, 5) is 4.75. The molecular formula is C25H27BN2. The van der Waals surface area contributed by atoms with E-state index in [1.807, 2.05) is 0 Å². The smallest absolute Gasteiger partial charge is 0.252 e. The van der Waals surface area contributed by atoms with Crippen LogP contribution in [0.4, 0.5) is 22.7 Å². The van der Waals surface area contributed by atoms with Gasteiger partial charge in [-0.25, -0.2) is 0 Å². The third-order valence-corrected chi connectivity index (χ3v) is 6.55. The van der Waals surface area contributed by atoms with Crippen LogP contribution in [0.1, 0.15) is 31.9 Å². The van der Waals surface area contributed by atoms with Gasteiger partial charge in [-0.3, -0.25) is 0 Å². The molecule has 0 radical (unpaired) electrons. The van der Waals surface area contributed by atoms with Gasteiger partial charge in [0.1, 0.15) is 0 Å². The lowest BCUT2D eigenvalue weighted by Gasteiger charge is -2.42. The highest BCUT2D eigenvalue weighted by Gasteiger charge is 2.41. The van der Waals surface area contributed by atoms with E-state index in [-0.39, 0.29) is 12.1 Å². The first-order valence-corrected chi connectivity index (χ1v) is 10.1. The average molecular weight is 366 g/mol. The van der Waals surface area contributed by atoms with Crippen LogP contribution in [-0.4, -0.2) is 20.8 Å². The Morgan fingerprint density at radius 1 is 0.750 bits per heavy atom. The number of rotatable bonds is 0. The third kappa shape index (κ3) is 2.22. The first kappa shape index (κ1) is 17.4. The van der Waals surface area contributed by atoms with Gasteiger partial charge < -0.3 is 9.80 Å². The van der Waals surface area contributed by atoms with Crippen LogP contribution in [-0.2, 0) is 5.41 Å². The number of benzene rings is 3. The van der Waals surface area contributed by atoms with Crippen molar-refractivity contribution >= 4 is 45.9 Å². The van der Waals surface area contributed by atoms with Gasteiger partial charge in [0.25, 0.3) is 6.71 Å². The minimum atomic E-state index is 0.133. The molecule has 0 aromatic heterocycles. The van der Waals surface area contributed by atoms with Crippen LogP contribution < -0.4 is 26.2 Å². The van der Waals surface area contributed by atoms with Crippen molar-refractivity contribution in [1.29, 1.82) is 0 Å².